The fourth-order valence-corrected chi connectivity index (χ4v) is 1.64. The van der Waals surface area contributed by atoms with Crippen LogP contribution in [0, 0.1) is 0 Å². The average Bonchev–Trinajstić information content (AvgIpc) is 2.22. The van der Waals surface area contributed by atoms with Gasteiger partial charge in [0.15, 0.2) is 0 Å². The molecule has 1 aromatic rings. The zero-order chi connectivity index (χ0) is 12.3. The van der Waals surface area contributed by atoms with Crippen molar-refractivity contribution in [3.05, 3.63) is 27.7 Å². The highest BCUT2D eigenvalue weighted by molar-refractivity contribution is 6.40. The maximum Gasteiger partial charge on any atom is 0.248 e. The largest absolute Gasteiger partial charge is 0.366 e. The Bertz CT molecular complexity index is 423. The van der Waals surface area contributed by atoms with Crippen molar-refractivity contribution in [2.45, 2.75) is 13.3 Å². The van der Waals surface area contributed by atoms with E-state index in [1.807, 2.05) is 0 Å². The number of carbonyl (C=O) groups is 2. The summed E-state index contributed by atoms with van der Waals surface area (Å²) in [6, 6.07) is 2.72. The first-order chi connectivity index (χ1) is 7.45. The molecule has 4 nitrogen and oxygen atoms in total. The summed E-state index contributed by atoms with van der Waals surface area (Å²) < 4.78 is 0. The Morgan fingerprint density at radius 1 is 1.31 bits per heavy atom. The number of rotatable bonds is 3. The minimum absolute atomic E-state index is 0.183. The van der Waals surface area contributed by atoms with Crippen LogP contribution in [0.1, 0.15) is 23.7 Å². The van der Waals surface area contributed by atoms with E-state index in [1.54, 1.807) is 6.92 Å². The van der Waals surface area contributed by atoms with Crippen LogP contribution in [0.5, 0.6) is 0 Å². The molecule has 0 aromatic heterocycles. The van der Waals surface area contributed by atoms with Crippen molar-refractivity contribution in [3.8, 4) is 0 Å². The predicted octanol–water partition coefficient (Wildman–Crippen LogP) is 2.44. The number of hydrogen-bond donors (Lipinski definition) is 2. The Hall–Kier alpha value is -1.26. The van der Waals surface area contributed by atoms with Gasteiger partial charge in [-0.1, -0.05) is 30.1 Å². The molecule has 6 heteroatoms. The number of hydrogen-bond acceptors (Lipinski definition) is 2. The summed E-state index contributed by atoms with van der Waals surface area (Å²) in [5.41, 5.74) is 5.58. The summed E-state index contributed by atoms with van der Waals surface area (Å²) >= 11 is 11.7. The molecule has 3 N–H and O–H groups in total. The molecule has 0 unspecified atom stereocenters. The van der Waals surface area contributed by atoms with Gasteiger partial charge in [0.2, 0.25) is 11.8 Å². The summed E-state index contributed by atoms with van der Waals surface area (Å²) in [6.07, 6.45) is 0.310. The first-order valence-corrected chi connectivity index (χ1v) is 5.30. The van der Waals surface area contributed by atoms with Gasteiger partial charge in [-0.2, -0.15) is 0 Å². The summed E-state index contributed by atoms with van der Waals surface area (Å²) in [4.78, 5) is 22.1. The van der Waals surface area contributed by atoms with Gasteiger partial charge < -0.3 is 11.1 Å². The fourth-order valence-electron chi connectivity index (χ4n) is 1.06. The van der Waals surface area contributed by atoms with E-state index in [2.05, 4.69) is 5.32 Å². The topological polar surface area (TPSA) is 72.2 Å². The minimum Gasteiger partial charge on any atom is -0.366 e. The average molecular weight is 261 g/mol. The molecule has 16 heavy (non-hydrogen) atoms. The van der Waals surface area contributed by atoms with Crippen LogP contribution in [0.3, 0.4) is 0 Å². The Morgan fingerprint density at radius 2 is 1.81 bits per heavy atom. The first kappa shape index (κ1) is 12.8. The summed E-state index contributed by atoms with van der Waals surface area (Å²) in [7, 11) is 0. The minimum atomic E-state index is -0.628. The number of amides is 2. The second kappa shape index (κ2) is 5.18. The molecule has 86 valence electrons. The van der Waals surface area contributed by atoms with Crippen LogP contribution in [0.4, 0.5) is 5.69 Å². The van der Waals surface area contributed by atoms with Crippen molar-refractivity contribution in [1.29, 1.82) is 0 Å². The molecular formula is C10H10Cl2N2O2. The van der Waals surface area contributed by atoms with Crippen molar-refractivity contribution < 1.29 is 9.59 Å². The molecule has 1 aromatic carbocycles. The van der Waals surface area contributed by atoms with Gasteiger partial charge in [0.25, 0.3) is 0 Å². The first-order valence-electron chi connectivity index (χ1n) is 4.54. The molecule has 0 atom stereocenters. The van der Waals surface area contributed by atoms with Gasteiger partial charge in [0, 0.05) is 12.0 Å². The maximum absolute atomic E-state index is 11.2. The highest BCUT2D eigenvalue weighted by Crippen LogP contribution is 2.31. The van der Waals surface area contributed by atoms with Crippen LogP contribution in [0.2, 0.25) is 10.0 Å². The van der Waals surface area contributed by atoms with Crippen molar-refractivity contribution in [2.24, 2.45) is 5.73 Å². The van der Waals surface area contributed by atoms with Gasteiger partial charge >= 0.3 is 0 Å². The smallest absolute Gasteiger partial charge is 0.248 e. The molecule has 0 saturated heterocycles. The molecule has 0 aliphatic rings. The van der Waals surface area contributed by atoms with Crippen LogP contribution in [0.15, 0.2) is 12.1 Å². The standard InChI is InChI=1S/C10H10Cl2N2O2/c1-2-8(15)14-9-6(11)3-5(10(13)16)4-7(9)12/h3-4H,2H2,1H3,(H2,13,16)(H,14,15). The lowest BCUT2D eigenvalue weighted by Crippen LogP contribution is -2.13. The Labute approximate surface area is 103 Å². The highest BCUT2D eigenvalue weighted by Gasteiger charge is 2.12. The summed E-state index contributed by atoms with van der Waals surface area (Å²) in [5, 5.41) is 2.91. The zero-order valence-corrected chi connectivity index (χ0v) is 10.0. The van der Waals surface area contributed by atoms with Gasteiger partial charge in [-0.25, -0.2) is 0 Å². The maximum atomic E-state index is 11.2. The van der Waals surface area contributed by atoms with E-state index in [-0.39, 0.29) is 21.5 Å². The molecule has 0 bridgehead atoms. The predicted molar refractivity (Wildman–Crippen MR) is 63.9 cm³/mol. The van der Waals surface area contributed by atoms with Crippen LogP contribution in [-0.2, 0) is 4.79 Å². The van der Waals surface area contributed by atoms with E-state index in [4.69, 9.17) is 28.9 Å². The molecule has 0 radical (unpaired) electrons. The lowest BCUT2D eigenvalue weighted by atomic mass is 10.2. The third-order valence-corrected chi connectivity index (χ3v) is 2.51. The lowest BCUT2D eigenvalue weighted by molar-refractivity contribution is -0.115. The summed E-state index contributed by atoms with van der Waals surface area (Å²) in [5.74, 6) is -0.840. The van der Waals surface area contributed by atoms with Crippen LogP contribution in [0.25, 0.3) is 0 Å². The molecular weight excluding hydrogens is 251 g/mol. The van der Waals surface area contributed by atoms with E-state index in [0.717, 1.165) is 0 Å². The van der Waals surface area contributed by atoms with Crippen LogP contribution >= 0.6 is 23.2 Å². The molecule has 0 saturated carbocycles. The number of halogens is 2. The second-order valence-corrected chi connectivity index (χ2v) is 3.90. The molecule has 0 aliphatic heterocycles. The number of primary amides is 1. The van der Waals surface area contributed by atoms with E-state index >= 15 is 0 Å². The van der Waals surface area contributed by atoms with Gasteiger partial charge in [0.1, 0.15) is 0 Å². The zero-order valence-electron chi connectivity index (χ0n) is 8.51. The van der Waals surface area contributed by atoms with Gasteiger partial charge in [-0.15, -0.1) is 0 Å². The molecule has 1 rings (SSSR count). The Kier molecular flexibility index (Phi) is 4.15. The lowest BCUT2D eigenvalue weighted by Gasteiger charge is -2.09. The van der Waals surface area contributed by atoms with Crippen molar-refractivity contribution >= 4 is 40.7 Å². The third kappa shape index (κ3) is 2.87. The number of benzene rings is 1. The van der Waals surface area contributed by atoms with Crippen LogP contribution in [-0.4, -0.2) is 11.8 Å². The van der Waals surface area contributed by atoms with Crippen molar-refractivity contribution in [2.75, 3.05) is 5.32 Å². The van der Waals surface area contributed by atoms with Gasteiger partial charge in [0.05, 0.1) is 15.7 Å². The quantitative estimate of drug-likeness (QED) is 0.877. The van der Waals surface area contributed by atoms with Crippen LogP contribution < -0.4 is 11.1 Å². The Morgan fingerprint density at radius 3 is 2.19 bits per heavy atom. The number of anilines is 1. The fraction of sp³-hybridized carbons (Fsp3) is 0.200. The third-order valence-electron chi connectivity index (χ3n) is 1.91. The van der Waals surface area contributed by atoms with Crippen molar-refractivity contribution in [1.82, 2.24) is 0 Å². The Balaban J connectivity index is 3.12. The van der Waals surface area contributed by atoms with E-state index in [9.17, 15) is 9.59 Å². The van der Waals surface area contributed by atoms with Gasteiger partial charge in [-0.05, 0) is 12.1 Å². The van der Waals surface area contributed by atoms with E-state index in [0.29, 0.717) is 12.1 Å². The number of carbonyl (C=O) groups excluding carboxylic acids is 2. The highest BCUT2D eigenvalue weighted by atomic mass is 35.5. The summed E-state index contributed by atoms with van der Waals surface area (Å²) in [6.45, 7) is 1.70. The normalized spacial score (nSPS) is 9.94. The van der Waals surface area contributed by atoms with E-state index < -0.39 is 5.91 Å². The molecule has 0 spiro atoms. The molecule has 0 heterocycles. The molecule has 0 aliphatic carbocycles. The monoisotopic (exact) mass is 260 g/mol. The molecule has 2 amide bonds. The SMILES string of the molecule is CCC(=O)Nc1c(Cl)cc(C(N)=O)cc1Cl. The van der Waals surface area contributed by atoms with Crippen molar-refractivity contribution in [3.63, 3.8) is 0 Å². The number of nitrogens with two attached hydrogens (primary N) is 1. The van der Waals surface area contributed by atoms with Gasteiger partial charge in [-0.3, -0.25) is 9.59 Å². The number of nitrogens with one attached hydrogen (secondary N) is 1. The van der Waals surface area contributed by atoms with E-state index in [1.165, 1.54) is 12.1 Å². The second-order valence-electron chi connectivity index (χ2n) is 3.08. The molecule has 0 fully saturated rings.